The van der Waals surface area contributed by atoms with Crippen LogP contribution in [0.1, 0.15) is 39.5 Å². The fraction of sp³-hybridized carbons (Fsp3) is 0.310. The SMILES string of the molecule is Cc1cc(C(=O)N2CCN(C(C)N(c3ccccc3C)C(F)F)CC2)ccc1C(=N)c1cccc(F)c1. The Labute approximate surface area is 215 Å². The van der Waals surface area contributed by atoms with Gasteiger partial charge in [0.05, 0.1) is 11.9 Å². The van der Waals surface area contributed by atoms with Crippen molar-refractivity contribution in [1.29, 1.82) is 5.41 Å². The molecule has 1 N–H and O–H groups in total. The monoisotopic (exact) mass is 508 g/mol. The van der Waals surface area contributed by atoms with Gasteiger partial charge in [0, 0.05) is 48.6 Å². The number of carbonyl (C=O) groups is 1. The molecule has 0 saturated carbocycles. The molecule has 5 nitrogen and oxygen atoms in total. The zero-order valence-corrected chi connectivity index (χ0v) is 21.2. The minimum Gasteiger partial charge on any atom is -0.336 e. The standard InChI is InChI=1S/C29H31F3N4O/c1-19-7-4-5-10-26(19)36(29(31)32)21(3)34-13-15-35(16-14-34)28(37)23-11-12-25(20(2)17-23)27(33)22-8-6-9-24(30)18-22/h4-12,17-18,21,29,33H,13-16H2,1-3H3. The first-order valence-corrected chi connectivity index (χ1v) is 12.3. The molecule has 1 amide bonds. The normalized spacial score (nSPS) is 15.1. The van der Waals surface area contributed by atoms with E-state index in [1.165, 1.54) is 12.1 Å². The summed E-state index contributed by atoms with van der Waals surface area (Å²) in [7, 11) is 0. The summed E-state index contributed by atoms with van der Waals surface area (Å²) in [5, 5.41) is 8.46. The Kier molecular flexibility index (Phi) is 7.97. The van der Waals surface area contributed by atoms with Gasteiger partial charge in [-0.3, -0.25) is 15.1 Å². The quantitative estimate of drug-likeness (QED) is 0.330. The predicted octanol–water partition coefficient (Wildman–Crippen LogP) is 5.69. The summed E-state index contributed by atoms with van der Waals surface area (Å²) < 4.78 is 41.7. The van der Waals surface area contributed by atoms with Gasteiger partial charge in [0.2, 0.25) is 0 Å². The van der Waals surface area contributed by atoms with E-state index in [0.29, 0.717) is 48.6 Å². The van der Waals surface area contributed by atoms with E-state index >= 15 is 0 Å². The van der Waals surface area contributed by atoms with Crippen LogP contribution in [0.15, 0.2) is 66.7 Å². The van der Waals surface area contributed by atoms with Crippen molar-refractivity contribution in [3.05, 3.63) is 100 Å². The molecule has 8 heteroatoms. The van der Waals surface area contributed by atoms with Gasteiger partial charge < -0.3 is 9.80 Å². The lowest BCUT2D eigenvalue weighted by atomic mass is 9.96. The summed E-state index contributed by atoms with van der Waals surface area (Å²) in [4.78, 5) is 18.0. The number of aryl methyl sites for hydroxylation is 2. The summed E-state index contributed by atoms with van der Waals surface area (Å²) in [5.74, 6) is -0.542. The second kappa shape index (κ2) is 11.2. The van der Waals surface area contributed by atoms with Gasteiger partial charge in [0.15, 0.2) is 0 Å². The van der Waals surface area contributed by atoms with Crippen LogP contribution in [0.5, 0.6) is 0 Å². The van der Waals surface area contributed by atoms with E-state index in [9.17, 15) is 18.0 Å². The largest absolute Gasteiger partial charge is 0.336 e. The molecule has 0 aromatic heterocycles. The smallest absolute Gasteiger partial charge is 0.316 e. The molecular formula is C29H31F3N4O. The molecule has 37 heavy (non-hydrogen) atoms. The molecule has 1 aliphatic rings. The van der Waals surface area contributed by atoms with Crippen LogP contribution in [0, 0.1) is 25.1 Å². The molecular weight excluding hydrogens is 477 g/mol. The third-order valence-corrected chi connectivity index (χ3v) is 6.99. The molecule has 1 aliphatic heterocycles. The molecule has 1 heterocycles. The highest BCUT2D eigenvalue weighted by Gasteiger charge is 2.32. The number of nitrogens with zero attached hydrogens (tertiary/aromatic N) is 3. The Bertz CT molecular complexity index is 1290. The number of benzene rings is 3. The predicted molar refractivity (Wildman–Crippen MR) is 140 cm³/mol. The highest BCUT2D eigenvalue weighted by Crippen LogP contribution is 2.27. The number of rotatable bonds is 7. The van der Waals surface area contributed by atoms with Crippen LogP contribution in [-0.4, -0.2) is 60.3 Å². The van der Waals surface area contributed by atoms with Crippen molar-refractivity contribution in [2.75, 3.05) is 31.1 Å². The van der Waals surface area contributed by atoms with Crippen LogP contribution in [0.3, 0.4) is 0 Å². The lowest BCUT2D eigenvalue weighted by molar-refractivity contribution is 0.0459. The fourth-order valence-corrected chi connectivity index (χ4v) is 4.86. The van der Waals surface area contributed by atoms with Crippen LogP contribution >= 0.6 is 0 Å². The number of carbonyl (C=O) groups excluding carboxylic acids is 1. The van der Waals surface area contributed by atoms with Crippen LogP contribution in [0.25, 0.3) is 0 Å². The fourth-order valence-electron chi connectivity index (χ4n) is 4.86. The van der Waals surface area contributed by atoms with Gasteiger partial charge in [-0.2, -0.15) is 8.78 Å². The zero-order valence-electron chi connectivity index (χ0n) is 21.2. The number of alkyl halides is 2. The van der Waals surface area contributed by atoms with Gasteiger partial charge in [-0.05, 0) is 62.2 Å². The van der Waals surface area contributed by atoms with E-state index in [1.807, 2.05) is 30.9 Å². The Hall–Kier alpha value is -3.65. The topological polar surface area (TPSA) is 50.6 Å². The van der Waals surface area contributed by atoms with E-state index < -0.39 is 18.5 Å². The average Bonchev–Trinajstić information content (AvgIpc) is 2.89. The maximum atomic E-state index is 14.1. The first-order valence-electron chi connectivity index (χ1n) is 12.3. The molecule has 0 aliphatic carbocycles. The summed E-state index contributed by atoms with van der Waals surface area (Å²) in [6, 6.07) is 18.2. The Morgan fingerprint density at radius 3 is 2.22 bits per heavy atom. The van der Waals surface area contributed by atoms with Gasteiger partial charge in [0.1, 0.15) is 5.82 Å². The first kappa shape index (κ1) is 26.4. The molecule has 3 aromatic rings. The van der Waals surface area contributed by atoms with Crippen molar-refractivity contribution >= 4 is 17.3 Å². The molecule has 3 aromatic carbocycles. The van der Waals surface area contributed by atoms with Gasteiger partial charge in [-0.15, -0.1) is 0 Å². The molecule has 0 bridgehead atoms. The molecule has 1 unspecified atom stereocenters. The molecule has 1 saturated heterocycles. The number of hydrogen-bond acceptors (Lipinski definition) is 4. The van der Waals surface area contributed by atoms with Crippen molar-refractivity contribution in [2.45, 2.75) is 33.5 Å². The molecule has 1 fully saturated rings. The van der Waals surface area contributed by atoms with Gasteiger partial charge >= 0.3 is 6.55 Å². The van der Waals surface area contributed by atoms with Crippen LogP contribution < -0.4 is 4.90 Å². The maximum absolute atomic E-state index is 14.1. The third kappa shape index (κ3) is 5.69. The molecule has 1 atom stereocenters. The molecule has 0 radical (unpaired) electrons. The number of nitrogens with one attached hydrogen (secondary N) is 1. The number of hydrogen-bond donors (Lipinski definition) is 1. The van der Waals surface area contributed by atoms with E-state index in [2.05, 4.69) is 0 Å². The Morgan fingerprint density at radius 1 is 0.892 bits per heavy atom. The number of para-hydroxylation sites is 1. The first-order chi connectivity index (χ1) is 17.7. The van der Waals surface area contributed by atoms with Crippen molar-refractivity contribution < 1.29 is 18.0 Å². The number of piperazine rings is 1. The average molecular weight is 509 g/mol. The van der Waals surface area contributed by atoms with Crippen molar-refractivity contribution in [1.82, 2.24) is 9.80 Å². The summed E-state index contributed by atoms with van der Waals surface area (Å²) >= 11 is 0. The minimum absolute atomic E-state index is 0.135. The lowest BCUT2D eigenvalue weighted by Gasteiger charge is -2.43. The number of halogens is 3. The van der Waals surface area contributed by atoms with Crippen LogP contribution in [0.4, 0.5) is 18.9 Å². The second-order valence-corrected chi connectivity index (χ2v) is 9.35. The molecule has 4 rings (SSSR count). The molecule has 0 spiro atoms. The molecule has 194 valence electrons. The van der Waals surface area contributed by atoms with Gasteiger partial charge in [-0.25, -0.2) is 4.39 Å². The van der Waals surface area contributed by atoms with Gasteiger partial charge in [0.25, 0.3) is 5.91 Å². The summed E-state index contributed by atoms with van der Waals surface area (Å²) in [5.41, 5.74) is 3.83. The van der Waals surface area contributed by atoms with Crippen LogP contribution in [-0.2, 0) is 0 Å². The maximum Gasteiger partial charge on any atom is 0.316 e. The van der Waals surface area contributed by atoms with E-state index in [0.717, 1.165) is 16.0 Å². The van der Waals surface area contributed by atoms with E-state index in [1.54, 1.807) is 54.3 Å². The van der Waals surface area contributed by atoms with E-state index in [4.69, 9.17) is 5.41 Å². The second-order valence-electron chi connectivity index (χ2n) is 9.35. The van der Waals surface area contributed by atoms with Crippen molar-refractivity contribution in [2.24, 2.45) is 0 Å². The van der Waals surface area contributed by atoms with Crippen molar-refractivity contribution in [3.63, 3.8) is 0 Å². The summed E-state index contributed by atoms with van der Waals surface area (Å²) in [6.45, 7) is 4.56. The third-order valence-electron chi connectivity index (χ3n) is 6.99. The highest BCUT2D eigenvalue weighted by molar-refractivity contribution is 6.12. The Balaban J connectivity index is 1.42. The number of anilines is 1. The minimum atomic E-state index is -2.65. The Morgan fingerprint density at radius 2 is 1.59 bits per heavy atom. The van der Waals surface area contributed by atoms with Crippen molar-refractivity contribution in [3.8, 4) is 0 Å². The van der Waals surface area contributed by atoms with Gasteiger partial charge in [-0.1, -0.05) is 36.4 Å². The van der Waals surface area contributed by atoms with E-state index in [-0.39, 0.29) is 11.6 Å². The lowest BCUT2D eigenvalue weighted by Crippen LogP contribution is -2.57. The van der Waals surface area contributed by atoms with Crippen LogP contribution in [0.2, 0.25) is 0 Å². The highest BCUT2D eigenvalue weighted by atomic mass is 19.3. The zero-order chi connectivity index (χ0) is 26.7. The number of amides is 1. The summed E-state index contributed by atoms with van der Waals surface area (Å²) in [6.07, 6.45) is -0.534.